The second kappa shape index (κ2) is 7.18. The molecule has 0 unspecified atom stereocenters. The minimum Gasteiger partial charge on any atom is -0.381 e. The van der Waals surface area contributed by atoms with E-state index in [0.29, 0.717) is 9.52 Å². The van der Waals surface area contributed by atoms with Crippen LogP contribution in [0.3, 0.4) is 0 Å². The second-order valence-electron chi connectivity index (χ2n) is 2.03. The van der Waals surface area contributed by atoms with Crippen molar-refractivity contribution in [3.63, 3.8) is 0 Å². The fourth-order valence-corrected chi connectivity index (χ4v) is 0.510. The minimum absolute atomic E-state index is 0.417. The maximum Gasteiger partial charge on any atom is 0.0466 e. The van der Waals surface area contributed by atoms with Gasteiger partial charge < -0.3 is 4.74 Å². The molecular formula is C6H16OSi. The van der Waals surface area contributed by atoms with Crippen molar-refractivity contribution < 1.29 is 4.74 Å². The molecule has 1 heterocycles. The third-order valence-electron chi connectivity index (χ3n) is 0.827. The fourth-order valence-electron chi connectivity index (χ4n) is 0.510. The number of hydrogen-bond donors (Lipinski definition) is 0. The van der Waals surface area contributed by atoms with Crippen molar-refractivity contribution in [3.05, 3.63) is 0 Å². The van der Waals surface area contributed by atoms with Gasteiger partial charge in [0.15, 0.2) is 0 Å². The van der Waals surface area contributed by atoms with Gasteiger partial charge in [0.25, 0.3) is 0 Å². The summed E-state index contributed by atoms with van der Waals surface area (Å²) in [4.78, 5) is 0. The molecule has 0 aromatic rings. The summed E-state index contributed by atoms with van der Waals surface area (Å²) in [5.74, 6) is 0. The van der Waals surface area contributed by atoms with Crippen LogP contribution in [0.4, 0.5) is 0 Å². The summed E-state index contributed by atoms with van der Waals surface area (Å²) >= 11 is 0. The molecule has 0 N–H and O–H groups in total. The van der Waals surface area contributed by atoms with Crippen LogP contribution in [0.15, 0.2) is 0 Å². The summed E-state index contributed by atoms with van der Waals surface area (Å²) in [5, 5.41) is 0. The quantitative estimate of drug-likeness (QED) is 0.448. The second-order valence-corrected chi connectivity index (χ2v) is 3.44. The van der Waals surface area contributed by atoms with Crippen LogP contribution in [-0.2, 0) is 4.74 Å². The molecule has 1 rings (SSSR count). The molecule has 1 fully saturated rings. The van der Waals surface area contributed by atoms with Crippen molar-refractivity contribution in [2.75, 3.05) is 13.2 Å². The first-order valence-corrected chi connectivity index (χ1v) is 6.32. The molecule has 0 amide bonds. The summed E-state index contributed by atoms with van der Waals surface area (Å²) in [7, 11) is 0.417. The highest BCUT2D eigenvalue weighted by Crippen LogP contribution is 1.98. The maximum atomic E-state index is 4.94. The van der Waals surface area contributed by atoms with Crippen molar-refractivity contribution in [2.45, 2.75) is 25.9 Å². The summed E-state index contributed by atoms with van der Waals surface area (Å²) in [5.41, 5.74) is 0. The van der Waals surface area contributed by atoms with Crippen LogP contribution in [-0.4, -0.2) is 22.7 Å². The van der Waals surface area contributed by atoms with Crippen LogP contribution in [0.1, 0.15) is 12.8 Å². The Labute approximate surface area is 54.3 Å². The third kappa shape index (κ3) is 6.18. The molecule has 1 aliphatic heterocycles. The molecule has 0 aromatic carbocycles. The Morgan fingerprint density at radius 3 is 1.62 bits per heavy atom. The zero-order chi connectivity index (χ0) is 6.24. The van der Waals surface area contributed by atoms with Crippen molar-refractivity contribution in [1.82, 2.24) is 0 Å². The van der Waals surface area contributed by atoms with E-state index in [0.717, 1.165) is 13.2 Å². The van der Waals surface area contributed by atoms with E-state index in [9.17, 15) is 0 Å². The van der Waals surface area contributed by atoms with Crippen LogP contribution in [0, 0.1) is 0 Å². The predicted octanol–water partition coefficient (Wildman–Crippen LogP) is 1.05. The van der Waals surface area contributed by atoms with Crippen LogP contribution in [0.25, 0.3) is 0 Å². The fraction of sp³-hybridized carbons (Fsp3) is 1.00. The Morgan fingerprint density at radius 2 is 1.50 bits per heavy atom. The molecule has 0 spiro atoms. The maximum absolute atomic E-state index is 4.94. The molecule has 2 heteroatoms. The first kappa shape index (κ1) is 8.18. The largest absolute Gasteiger partial charge is 0.381 e. The molecule has 1 saturated heterocycles. The van der Waals surface area contributed by atoms with Gasteiger partial charge in [-0.25, -0.2) is 0 Å². The molecule has 50 valence electrons. The molecular weight excluding hydrogens is 116 g/mol. The number of hydrogen-bond acceptors (Lipinski definition) is 1. The standard InChI is InChI=1S/C4H8O.C2H8Si/c1-2-4-5-3-1;1-3-2/h1-4H2;3H2,1-2H3. The number of rotatable bonds is 0. The zero-order valence-electron chi connectivity index (χ0n) is 5.94. The molecule has 0 aliphatic carbocycles. The van der Waals surface area contributed by atoms with Gasteiger partial charge in [-0.2, -0.15) is 0 Å². The van der Waals surface area contributed by atoms with E-state index in [-0.39, 0.29) is 0 Å². The summed E-state index contributed by atoms with van der Waals surface area (Å²) in [6.45, 7) is 6.53. The SMILES string of the molecule is C1CCOC1.C[SiH2]C. The first-order valence-electron chi connectivity index (χ1n) is 3.49. The van der Waals surface area contributed by atoms with E-state index in [2.05, 4.69) is 13.1 Å². The van der Waals surface area contributed by atoms with Crippen LogP contribution >= 0.6 is 0 Å². The zero-order valence-corrected chi connectivity index (χ0v) is 7.36. The van der Waals surface area contributed by atoms with E-state index in [4.69, 9.17) is 4.74 Å². The number of ether oxygens (including phenoxy) is 1. The van der Waals surface area contributed by atoms with Gasteiger partial charge in [0, 0.05) is 22.7 Å². The van der Waals surface area contributed by atoms with Gasteiger partial charge in [-0.3, -0.25) is 0 Å². The minimum atomic E-state index is 0.417. The predicted molar refractivity (Wildman–Crippen MR) is 40.3 cm³/mol. The average molecular weight is 132 g/mol. The molecule has 0 atom stereocenters. The smallest absolute Gasteiger partial charge is 0.0466 e. The average Bonchev–Trinajstić information content (AvgIpc) is 2.17. The molecule has 0 bridgehead atoms. The van der Waals surface area contributed by atoms with Gasteiger partial charge in [0.05, 0.1) is 0 Å². The van der Waals surface area contributed by atoms with Gasteiger partial charge in [-0.1, -0.05) is 13.1 Å². The Balaban J connectivity index is 0.000000145. The van der Waals surface area contributed by atoms with Crippen LogP contribution in [0.2, 0.25) is 13.1 Å². The third-order valence-corrected chi connectivity index (χ3v) is 0.827. The monoisotopic (exact) mass is 132 g/mol. The van der Waals surface area contributed by atoms with E-state index in [1.165, 1.54) is 12.8 Å². The molecule has 1 nitrogen and oxygen atoms in total. The van der Waals surface area contributed by atoms with Gasteiger partial charge in [0.2, 0.25) is 0 Å². The topological polar surface area (TPSA) is 9.23 Å². The van der Waals surface area contributed by atoms with E-state index in [1.807, 2.05) is 0 Å². The van der Waals surface area contributed by atoms with Crippen LogP contribution in [0.5, 0.6) is 0 Å². The van der Waals surface area contributed by atoms with Crippen molar-refractivity contribution in [1.29, 1.82) is 0 Å². The molecule has 0 radical (unpaired) electrons. The Hall–Kier alpha value is 0.177. The van der Waals surface area contributed by atoms with Gasteiger partial charge in [-0.05, 0) is 12.8 Å². The van der Waals surface area contributed by atoms with E-state index >= 15 is 0 Å². The Morgan fingerprint density at radius 1 is 1.12 bits per heavy atom. The lowest BCUT2D eigenvalue weighted by molar-refractivity contribution is 0.198. The van der Waals surface area contributed by atoms with E-state index < -0.39 is 0 Å². The van der Waals surface area contributed by atoms with Gasteiger partial charge >= 0.3 is 0 Å². The molecule has 0 saturated carbocycles. The first-order chi connectivity index (χ1) is 3.91. The van der Waals surface area contributed by atoms with E-state index in [1.54, 1.807) is 0 Å². The van der Waals surface area contributed by atoms with Gasteiger partial charge in [0.1, 0.15) is 0 Å². The lowest BCUT2D eigenvalue weighted by atomic mass is 10.4. The summed E-state index contributed by atoms with van der Waals surface area (Å²) < 4.78 is 4.94. The highest BCUT2D eigenvalue weighted by atomic mass is 28.2. The van der Waals surface area contributed by atoms with Gasteiger partial charge in [-0.15, -0.1) is 0 Å². The van der Waals surface area contributed by atoms with Crippen LogP contribution < -0.4 is 0 Å². The Kier molecular flexibility index (Phi) is 7.34. The lowest BCUT2D eigenvalue weighted by Gasteiger charge is -1.76. The molecule has 8 heavy (non-hydrogen) atoms. The summed E-state index contributed by atoms with van der Waals surface area (Å²) in [6, 6.07) is 0. The molecule has 0 aromatic heterocycles. The lowest BCUT2D eigenvalue weighted by Crippen LogP contribution is -1.74. The molecule has 1 aliphatic rings. The highest BCUT2D eigenvalue weighted by Gasteiger charge is 1.94. The Bertz CT molecular complexity index is 27.9. The summed E-state index contributed by atoms with van der Waals surface area (Å²) in [6.07, 6.45) is 2.56. The van der Waals surface area contributed by atoms with Crippen molar-refractivity contribution >= 4 is 9.52 Å². The van der Waals surface area contributed by atoms with Crippen molar-refractivity contribution in [3.8, 4) is 0 Å². The van der Waals surface area contributed by atoms with Crippen molar-refractivity contribution in [2.24, 2.45) is 0 Å². The normalized spacial score (nSPS) is 17.2. The highest BCUT2D eigenvalue weighted by molar-refractivity contribution is 6.31.